The predicted octanol–water partition coefficient (Wildman–Crippen LogP) is 3.78. The number of pyridine rings is 1. The van der Waals surface area contributed by atoms with Gasteiger partial charge < -0.3 is 10.2 Å². The van der Waals surface area contributed by atoms with Gasteiger partial charge in [0.25, 0.3) is 0 Å². The van der Waals surface area contributed by atoms with Crippen LogP contribution in [0.4, 0.5) is 5.82 Å². The molecule has 1 aliphatic rings. The number of carbonyl (C=O) groups excluding carboxylic acids is 2. The normalized spacial score (nSPS) is 15.8. The summed E-state index contributed by atoms with van der Waals surface area (Å²) in [5, 5.41) is 2.76. The average Bonchev–Trinajstić information content (AvgIpc) is 3.09. The summed E-state index contributed by atoms with van der Waals surface area (Å²) >= 11 is 0. The fourth-order valence-corrected chi connectivity index (χ4v) is 3.67. The van der Waals surface area contributed by atoms with E-state index < -0.39 is 0 Å². The Morgan fingerprint density at radius 3 is 2.64 bits per heavy atom. The summed E-state index contributed by atoms with van der Waals surface area (Å²) in [5.74, 6) is 1.14. The van der Waals surface area contributed by atoms with Crippen molar-refractivity contribution in [1.29, 1.82) is 0 Å². The fraction of sp³-hybridized carbons (Fsp3) is 0.650. The number of nitrogens with one attached hydrogen (secondary N) is 1. The third-order valence-electron chi connectivity index (χ3n) is 5.01. The number of nitrogens with zero attached hydrogens (tertiary/aromatic N) is 2. The second-order valence-corrected chi connectivity index (χ2v) is 7.34. The zero-order chi connectivity index (χ0) is 18.2. The van der Waals surface area contributed by atoms with Crippen LogP contribution in [0.2, 0.25) is 0 Å². The van der Waals surface area contributed by atoms with Gasteiger partial charge in [0.05, 0.1) is 6.54 Å². The third-order valence-corrected chi connectivity index (χ3v) is 5.01. The number of likely N-dealkylation sites (N-methyl/N-ethyl adjacent to an activating group) is 1. The maximum absolute atomic E-state index is 12.8. The van der Waals surface area contributed by atoms with Crippen LogP contribution in [0.5, 0.6) is 0 Å². The Labute approximate surface area is 151 Å². The molecule has 0 saturated heterocycles. The van der Waals surface area contributed by atoms with E-state index in [-0.39, 0.29) is 24.3 Å². The maximum Gasteiger partial charge on any atom is 0.245 e. The molecule has 1 N–H and O–H groups in total. The highest BCUT2D eigenvalue weighted by Gasteiger charge is 2.27. The van der Waals surface area contributed by atoms with Crippen molar-refractivity contribution < 1.29 is 9.59 Å². The van der Waals surface area contributed by atoms with Gasteiger partial charge in [0, 0.05) is 19.2 Å². The highest BCUT2D eigenvalue weighted by molar-refractivity contribution is 5.94. The highest BCUT2D eigenvalue weighted by Crippen LogP contribution is 2.32. The van der Waals surface area contributed by atoms with E-state index in [4.69, 9.17) is 0 Å². The summed E-state index contributed by atoms with van der Waals surface area (Å²) in [4.78, 5) is 30.7. The first kappa shape index (κ1) is 19.4. The van der Waals surface area contributed by atoms with Crippen molar-refractivity contribution in [2.24, 2.45) is 11.8 Å². The monoisotopic (exact) mass is 345 g/mol. The molecule has 2 rings (SSSR count). The first-order valence-electron chi connectivity index (χ1n) is 9.47. The van der Waals surface area contributed by atoms with Crippen LogP contribution in [-0.4, -0.2) is 35.3 Å². The van der Waals surface area contributed by atoms with E-state index in [1.54, 1.807) is 24.2 Å². The minimum Gasteiger partial charge on any atom is -0.336 e. The van der Waals surface area contributed by atoms with E-state index >= 15 is 0 Å². The van der Waals surface area contributed by atoms with E-state index in [0.717, 1.165) is 24.8 Å². The number of carbonyl (C=O) groups is 2. The zero-order valence-corrected chi connectivity index (χ0v) is 15.8. The first-order valence-corrected chi connectivity index (χ1v) is 9.47. The molecule has 5 heteroatoms. The molecule has 1 saturated carbocycles. The Bertz CT molecular complexity index is 565. The highest BCUT2D eigenvalue weighted by atomic mass is 16.2. The number of aromatic nitrogens is 1. The lowest BCUT2D eigenvalue weighted by Crippen LogP contribution is -2.39. The molecule has 5 nitrogen and oxygen atoms in total. The molecule has 2 amide bonds. The lowest BCUT2D eigenvalue weighted by Gasteiger charge is -2.25. The number of aryl methyl sites for hydroxylation is 1. The topological polar surface area (TPSA) is 62.3 Å². The van der Waals surface area contributed by atoms with Crippen LogP contribution in [0.1, 0.15) is 57.4 Å². The Hall–Kier alpha value is -1.91. The molecule has 0 spiro atoms. The Morgan fingerprint density at radius 2 is 2.04 bits per heavy atom. The summed E-state index contributed by atoms with van der Waals surface area (Å²) in [6, 6.07) is 3.67. The molecule has 1 fully saturated rings. The van der Waals surface area contributed by atoms with Gasteiger partial charge in [-0.1, -0.05) is 45.1 Å². The van der Waals surface area contributed by atoms with Crippen molar-refractivity contribution in [1.82, 2.24) is 9.88 Å². The van der Waals surface area contributed by atoms with Crippen molar-refractivity contribution in [2.75, 3.05) is 18.9 Å². The molecule has 1 unspecified atom stereocenters. The molecule has 0 radical (unpaired) electrons. The van der Waals surface area contributed by atoms with Gasteiger partial charge in [-0.05, 0) is 37.3 Å². The standard InChI is InChI=1S/C20H31N3O2/c1-4-7-17(12-16-8-5-6-9-16)20(25)23(3)14-19(24)22-18-11-10-15(2)13-21-18/h10-11,13,16-17H,4-9,12,14H2,1-3H3,(H,21,22,24). The van der Waals surface area contributed by atoms with Crippen LogP contribution in [0.3, 0.4) is 0 Å². The lowest BCUT2D eigenvalue weighted by molar-refractivity contribution is -0.137. The molecule has 1 aromatic heterocycles. The van der Waals surface area contributed by atoms with Crippen molar-refractivity contribution in [3.63, 3.8) is 0 Å². The molecule has 1 aliphatic carbocycles. The van der Waals surface area contributed by atoms with Crippen LogP contribution < -0.4 is 5.32 Å². The second-order valence-electron chi connectivity index (χ2n) is 7.34. The molecular formula is C20H31N3O2. The van der Waals surface area contributed by atoms with Crippen LogP contribution in [0, 0.1) is 18.8 Å². The number of anilines is 1. The number of hydrogen-bond acceptors (Lipinski definition) is 3. The largest absolute Gasteiger partial charge is 0.336 e. The van der Waals surface area contributed by atoms with Crippen LogP contribution >= 0.6 is 0 Å². The van der Waals surface area contributed by atoms with Gasteiger partial charge in [-0.2, -0.15) is 0 Å². The van der Waals surface area contributed by atoms with Gasteiger partial charge in [-0.3, -0.25) is 9.59 Å². The van der Waals surface area contributed by atoms with Gasteiger partial charge in [0.1, 0.15) is 5.82 Å². The molecule has 0 aliphatic heterocycles. The van der Waals surface area contributed by atoms with Crippen molar-refractivity contribution >= 4 is 17.6 Å². The summed E-state index contributed by atoms with van der Waals surface area (Å²) in [7, 11) is 1.72. The van der Waals surface area contributed by atoms with Gasteiger partial charge in [-0.15, -0.1) is 0 Å². The lowest BCUT2D eigenvalue weighted by atomic mass is 9.89. The minimum atomic E-state index is -0.205. The summed E-state index contributed by atoms with van der Waals surface area (Å²) in [6.07, 6.45) is 9.66. The summed E-state index contributed by atoms with van der Waals surface area (Å²) in [6.45, 7) is 4.13. The van der Waals surface area contributed by atoms with Crippen LogP contribution in [0.15, 0.2) is 18.3 Å². The van der Waals surface area contributed by atoms with Gasteiger partial charge in [-0.25, -0.2) is 4.98 Å². The van der Waals surface area contributed by atoms with Crippen molar-refractivity contribution in [3.05, 3.63) is 23.9 Å². The minimum absolute atomic E-state index is 0.0448. The summed E-state index contributed by atoms with van der Waals surface area (Å²) < 4.78 is 0. The van der Waals surface area contributed by atoms with Crippen LogP contribution in [-0.2, 0) is 9.59 Å². The number of rotatable bonds is 8. The molecule has 25 heavy (non-hydrogen) atoms. The first-order chi connectivity index (χ1) is 12.0. The molecule has 1 heterocycles. The number of hydrogen-bond donors (Lipinski definition) is 1. The fourth-order valence-electron chi connectivity index (χ4n) is 3.67. The maximum atomic E-state index is 12.8. The summed E-state index contributed by atoms with van der Waals surface area (Å²) in [5.41, 5.74) is 1.04. The molecule has 0 aromatic carbocycles. The third kappa shape index (κ3) is 6.15. The molecule has 0 bridgehead atoms. The van der Waals surface area contributed by atoms with Crippen LogP contribution in [0.25, 0.3) is 0 Å². The molecule has 1 aromatic rings. The number of amides is 2. The van der Waals surface area contributed by atoms with Crippen molar-refractivity contribution in [3.8, 4) is 0 Å². The quantitative estimate of drug-likeness (QED) is 0.780. The molecule has 138 valence electrons. The van der Waals surface area contributed by atoms with E-state index in [1.165, 1.54) is 25.7 Å². The Kier molecular flexibility index (Phi) is 7.41. The second kappa shape index (κ2) is 9.54. The van der Waals surface area contributed by atoms with Gasteiger partial charge in [0.15, 0.2) is 0 Å². The molecule has 1 atom stereocenters. The van der Waals surface area contributed by atoms with Gasteiger partial charge in [0.2, 0.25) is 11.8 Å². The SMILES string of the molecule is CCCC(CC1CCCC1)C(=O)N(C)CC(=O)Nc1ccc(C)cn1. The Balaban J connectivity index is 1.87. The Morgan fingerprint density at radius 1 is 1.32 bits per heavy atom. The molecular weight excluding hydrogens is 314 g/mol. The van der Waals surface area contributed by atoms with E-state index in [1.807, 2.05) is 13.0 Å². The smallest absolute Gasteiger partial charge is 0.245 e. The van der Waals surface area contributed by atoms with E-state index in [9.17, 15) is 9.59 Å². The average molecular weight is 345 g/mol. The van der Waals surface area contributed by atoms with E-state index in [2.05, 4.69) is 17.2 Å². The van der Waals surface area contributed by atoms with E-state index in [0.29, 0.717) is 11.7 Å². The van der Waals surface area contributed by atoms with Crippen molar-refractivity contribution in [2.45, 2.75) is 58.8 Å². The van der Waals surface area contributed by atoms with Gasteiger partial charge >= 0.3 is 0 Å². The zero-order valence-electron chi connectivity index (χ0n) is 15.8. The predicted molar refractivity (Wildman–Crippen MR) is 100 cm³/mol.